The number of carbonyl (C=O) groups is 2. The molecule has 0 fully saturated rings. The van der Waals surface area contributed by atoms with E-state index < -0.39 is 0 Å². The maximum Gasteiger partial charge on any atom is 0.220 e. The van der Waals surface area contributed by atoms with Crippen LogP contribution < -0.4 is 5.32 Å². The van der Waals surface area contributed by atoms with Gasteiger partial charge < -0.3 is 5.32 Å². The first-order chi connectivity index (χ1) is 17.2. The van der Waals surface area contributed by atoms with Gasteiger partial charge in [-0.1, -0.05) is 147 Å². The molecule has 0 radical (unpaired) electrons. The second-order valence-corrected chi connectivity index (χ2v) is 11.0. The van der Waals surface area contributed by atoms with Crippen molar-refractivity contribution in [2.24, 2.45) is 0 Å². The molecule has 0 unspecified atom stereocenters. The zero-order valence-corrected chi connectivity index (χ0v) is 23.5. The summed E-state index contributed by atoms with van der Waals surface area (Å²) in [5.74, 6) is 0.530. The molecular weight excluding hydrogens is 430 g/mol. The molecule has 0 aliphatic heterocycles. The highest BCUT2D eigenvalue weighted by Crippen LogP contribution is 2.18. The smallest absolute Gasteiger partial charge is 0.220 e. The van der Waals surface area contributed by atoms with Gasteiger partial charge in [0.1, 0.15) is 5.78 Å². The number of ketones is 1. The van der Waals surface area contributed by atoms with Crippen molar-refractivity contribution in [3.05, 3.63) is 11.6 Å². The standard InChI is InChI=1S/C32H59NO2/c1-2-3-4-5-6-7-8-9-10-11-12-13-14-15-16-17-18-19-20-21-22-23-32(35)33-29-28-30-24-26-31(34)27-25-30/h24H,2-23,25-29H2,1H3,(H,33,35). The van der Waals surface area contributed by atoms with Crippen molar-refractivity contribution >= 4 is 11.7 Å². The Hall–Kier alpha value is -1.12. The quantitative estimate of drug-likeness (QED) is 0.102. The lowest BCUT2D eigenvalue weighted by Crippen LogP contribution is -2.24. The van der Waals surface area contributed by atoms with Gasteiger partial charge in [0.05, 0.1) is 0 Å². The van der Waals surface area contributed by atoms with Crippen LogP contribution in [-0.2, 0) is 9.59 Å². The number of hydrogen-bond acceptors (Lipinski definition) is 2. The van der Waals surface area contributed by atoms with Crippen molar-refractivity contribution in [3.8, 4) is 0 Å². The maximum absolute atomic E-state index is 12.0. The van der Waals surface area contributed by atoms with Gasteiger partial charge >= 0.3 is 0 Å². The molecule has 1 N–H and O–H groups in total. The number of carbonyl (C=O) groups excluding carboxylic acids is 2. The molecule has 0 atom stereocenters. The lowest BCUT2D eigenvalue weighted by atomic mass is 9.96. The van der Waals surface area contributed by atoms with E-state index >= 15 is 0 Å². The normalized spacial score (nSPS) is 13.7. The first-order valence-corrected chi connectivity index (χ1v) is 15.7. The third kappa shape index (κ3) is 21.9. The number of allylic oxidation sites excluding steroid dienone is 1. The maximum atomic E-state index is 12.0. The van der Waals surface area contributed by atoms with Gasteiger partial charge in [0.25, 0.3) is 0 Å². The molecule has 0 saturated heterocycles. The first-order valence-electron chi connectivity index (χ1n) is 15.7. The molecule has 0 spiro atoms. The fraction of sp³-hybridized carbons (Fsp3) is 0.875. The van der Waals surface area contributed by atoms with E-state index in [9.17, 15) is 9.59 Å². The monoisotopic (exact) mass is 489 g/mol. The lowest BCUT2D eigenvalue weighted by Gasteiger charge is -2.12. The number of amides is 1. The summed E-state index contributed by atoms with van der Waals surface area (Å²) >= 11 is 0. The third-order valence-corrected chi connectivity index (χ3v) is 7.62. The summed E-state index contributed by atoms with van der Waals surface area (Å²) in [6, 6.07) is 0. The number of nitrogens with one attached hydrogen (secondary N) is 1. The van der Waals surface area contributed by atoms with E-state index in [1.807, 2.05) is 0 Å². The van der Waals surface area contributed by atoms with Crippen molar-refractivity contribution in [1.29, 1.82) is 0 Å². The molecule has 0 bridgehead atoms. The van der Waals surface area contributed by atoms with Crippen molar-refractivity contribution in [3.63, 3.8) is 0 Å². The molecule has 1 aliphatic rings. The van der Waals surface area contributed by atoms with Crippen molar-refractivity contribution < 1.29 is 9.59 Å². The van der Waals surface area contributed by atoms with Crippen LogP contribution in [0.15, 0.2) is 11.6 Å². The minimum Gasteiger partial charge on any atom is -0.356 e. The van der Waals surface area contributed by atoms with Gasteiger partial charge in [-0.05, 0) is 19.3 Å². The second kappa shape index (κ2) is 24.6. The summed E-state index contributed by atoms with van der Waals surface area (Å²) in [6.07, 6.45) is 34.9. The molecule has 35 heavy (non-hydrogen) atoms. The van der Waals surface area contributed by atoms with Gasteiger partial charge in [-0.15, -0.1) is 0 Å². The van der Waals surface area contributed by atoms with E-state index in [0.29, 0.717) is 25.0 Å². The van der Waals surface area contributed by atoms with Gasteiger partial charge in [0.2, 0.25) is 5.91 Å². The summed E-state index contributed by atoms with van der Waals surface area (Å²) in [4.78, 5) is 23.2. The van der Waals surface area contributed by atoms with E-state index in [1.165, 1.54) is 134 Å². The first kappa shape index (κ1) is 31.9. The second-order valence-electron chi connectivity index (χ2n) is 11.0. The summed E-state index contributed by atoms with van der Waals surface area (Å²) < 4.78 is 0. The van der Waals surface area contributed by atoms with Crippen LogP contribution in [0.3, 0.4) is 0 Å². The molecule has 0 aromatic carbocycles. The van der Waals surface area contributed by atoms with E-state index in [2.05, 4.69) is 18.3 Å². The summed E-state index contributed by atoms with van der Waals surface area (Å²) in [7, 11) is 0. The minimum absolute atomic E-state index is 0.190. The molecule has 1 aliphatic carbocycles. The van der Waals surface area contributed by atoms with Gasteiger partial charge in [0.15, 0.2) is 0 Å². The van der Waals surface area contributed by atoms with Gasteiger partial charge in [-0.2, -0.15) is 0 Å². The topological polar surface area (TPSA) is 46.2 Å². The molecule has 204 valence electrons. The van der Waals surface area contributed by atoms with E-state index in [4.69, 9.17) is 0 Å². The Bertz CT molecular complexity index is 540. The molecule has 1 rings (SSSR count). The number of Topliss-reactive ketones (excluding diaryl/α,β-unsaturated/α-hetero) is 1. The average Bonchev–Trinajstić information content (AvgIpc) is 2.86. The number of hydrogen-bond donors (Lipinski definition) is 1. The SMILES string of the molecule is CCCCCCCCCCCCCCCCCCCCCCCC(=O)NCCC1=CCC(=O)CC1. The number of rotatable bonds is 25. The Labute approximate surface area is 218 Å². The highest BCUT2D eigenvalue weighted by molar-refractivity contribution is 5.81. The predicted octanol–water partition coefficient (Wildman–Crippen LogP) is 9.77. The lowest BCUT2D eigenvalue weighted by molar-refractivity contribution is -0.121. The molecule has 3 heteroatoms. The van der Waals surface area contributed by atoms with Crippen LogP contribution in [0.5, 0.6) is 0 Å². The highest BCUT2D eigenvalue weighted by atomic mass is 16.1. The van der Waals surface area contributed by atoms with Crippen LogP contribution >= 0.6 is 0 Å². The zero-order valence-electron chi connectivity index (χ0n) is 23.5. The van der Waals surface area contributed by atoms with E-state index in [0.717, 1.165) is 25.8 Å². The average molecular weight is 490 g/mol. The Balaban J connectivity index is 1.71. The molecule has 0 saturated carbocycles. The summed E-state index contributed by atoms with van der Waals surface area (Å²) in [6.45, 7) is 3.01. The summed E-state index contributed by atoms with van der Waals surface area (Å²) in [5, 5.41) is 3.04. The van der Waals surface area contributed by atoms with Crippen molar-refractivity contribution in [2.45, 2.75) is 174 Å². The molecule has 3 nitrogen and oxygen atoms in total. The summed E-state index contributed by atoms with van der Waals surface area (Å²) in [5.41, 5.74) is 1.33. The molecule has 0 aromatic rings. The fourth-order valence-corrected chi connectivity index (χ4v) is 5.16. The van der Waals surface area contributed by atoms with Crippen molar-refractivity contribution in [1.82, 2.24) is 5.32 Å². The molecule has 0 aromatic heterocycles. The van der Waals surface area contributed by atoms with E-state index in [1.54, 1.807) is 0 Å². The zero-order chi connectivity index (χ0) is 25.2. The fourth-order valence-electron chi connectivity index (χ4n) is 5.16. The molecule has 1 amide bonds. The number of unbranched alkanes of at least 4 members (excludes halogenated alkanes) is 20. The van der Waals surface area contributed by atoms with Crippen LogP contribution in [0.25, 0.3) is 0 Å². The minimum atomic E-state index is 0.190. The van der Waals surface area contributed by atoms with Gasteiger partial charge in [-0.25, -0.2) is 0 Å². The predicted molar refractivity (Wildman–Crippen MR) is 152 cm³/mol. The largest absolute Gasteiger partial charge is 0.356 e. The Morgan fingerprint density at radius 1 is 0.657 bits per heavy atom. The Morgan fingerprint density at radius 2 is 1.09 bits per heavy atom. The molecular formula is C32H59NO2. The van der Waals surface area contributed by atoms with Gasteiger partial charge in [-0.3, -0.25) is 9.59 Å². The van der Waals surface area contributed by atoms with Crippen molar-refractivity contribution in [2.75, 3.05) is 6.54 Å². The van der Waals surface area contributed by atoms with Crippen LogP contribution in [0.1, 0.15) is 174 Å². The van der Waals surface area contributed by atoms with Crippen LogP contribution in [-0.4, -0.2) is 18.2 Å². The highest BCUT2D eigenvalue weighted by Gasteiger charge is 2.10. The Morgan fingerprint density at radius 3 is 1.49 bits per heavy atom. The van der Waals surface area contributed by atoms with E-state index in [-0.39, 0.29) is 5.91 Å². The van der Waals surface area contributed by atoms with Crippen LogP contribution in [0.4, 0.5) is 0 Å². The van der Waals surface area contributed by atoms with Gasteiger partial charge in [0, 0.05) is 25.8 Å². The van der Waals surface area contributed by atoms with Crippen LogP contribution in [0.2, 0.25) is 0 Å². The third-order valence-electron chi connectivity index (χ3n) is 7.62. The van der Waals surface area contributed by atoms with Crippen LogP contribution in [0, 0.1) is 0 Å². The Kier molecular flexibility index (Phi) is 22.4. The molecule has 0 heterocycles.